The lowest BCUT2D eigenvalue weighted by atomic mass is 10.2. The fourth-order valence-electron chi connectivity index (χ4n) is 2.05. The van der Waals surface area contributed by atoms with E-state index in [9.17, 15) is 0 Å². The van der Waals surface area contributed by atoms with Crippen LogP contribution in [0.2, 0.25) is 45.3 Å². The van der Waals surface area contributed by atoms with Crippen molar-refractivity contribution in [2.45, 2.75) is 52.1 Å². The molecule has 5 heteroatoms. The van der Waals surface area contributed by atoms with E-state index in [4.69, 9.17) is 4.74 Å². The molecule has 23 heavy (non-hydrogen) atoms. The van der Waals surface area contributed by atoms with Crippen molar-refractivity contribution < 1.29 is 4.74 Å². The van der Waals surface area contributed by atoms with Gasteiger partial charge >= 0.3 is 0 Å². The van der Waals surface area contributed by atoms with E-state index >= 15 is 0 Å². The molecule has 0 atom stereocenters. The third-order valence-corrected chi connectivity index (χ3v) is 5.99. The number of aromatic nitrogens is 2. The van der Waals surface area contributed by atoms with E-state index in [0.29, 0.717) is 6.73 Å². The highest BCUT2D eigenvalue weighted by molar-refractivity contribution is 6.83. The van der Waals surface area contributed by atoms with Crippen molar-refractivity contribution in [1.29, 1.82) is 0 Å². The van der Waals surface area contributed by atoms with Gasteiger partial charge in [-0.1, -0.05) is 45.2 Å². The predicted octanol–water partition coefficient (Wildman–Crippen LogP) is 4.58. The van der Waals surface area contributed by atoms with E-state index < -0.39 is 16.1 Å². The van der Waals surface area contributed by atoms with Gasteiger partial charge in [0, 0.05) is 38.0 Å². The van der Waals surface area contributed by atoms with Crippen molar-refractivity contribution in [2.24, 2.45) is 0 Å². The maximum atomic E-state index is 5.82. The van der Waals surface area contributed by atoms with Gasteiger partial charge in [0.05, 0.1) is 0 Å². The molecule has 0 amide bonds. The largest absolute Gasteiger partial charge is 0.361 e. The average Bonchev–Trinajstić information content (AvgIpc) is 2.82. The predicted molar refractivity (Wildman–Crippen MR) is 104 cm³/mol. The summed E-state index contributed by atoms with van der Waals surface area (Å²) in [5.41, 5.74) is 5.35. The van der Waals surface area contributed by atoms with Gasteiger partial charge in [-0.2, -0.15) is 0 Å². The Balaban J connectivity index is 2.05. The van der Waals surface area contributed by atoms with Crippen LogP contribution in [0.15, 0.2) is 24.5 Å². The second-order valence-electron chi connectivity index (χ2n) is 8.27. The summed E-state index contributed by atoms with van der Waals surface area (Å²) in [6.45, 7) is 15.3. The smallest absolute Gasteiger partial charge is 0.141 e. The molecule has 2 aromatic rings. The Bertz CT molecular complexity index is 727. The molecule has 2 heterocycles. The van der Waals surface area contributed by atoms with Gasteiger partial charge in [-0.15, -0.1) is 5.54 Å². The molecule has 0 N–H and O–H groups in total. The first-order valence-corrected chi connectivity index (χ1v) is 15.4. The number of fused-ring (bicyclic) bond motifs is 1. The van der Waals surface area contributed by atoms with Gasteiger partial charge in [0.2, 0.25) is 0 Å². The first-order valence-electron chi connectivity index (χ1n) is 8.20. The van der Waals surface area contributed by atoms with Crippen molar-refractivity contribution in [1.82, 2.24) is 9.55 Å². The number of ether oxygens (including phenoxy) is 1. The van der Waals surface area contributed by atoms with E-state index in [-0.39, 0.29) is 0 Å². The molecule has 0 saturated heterocycles. The van der Waals surface area contributed by atoms with Crippen molar-refractivity contribution in [2.75, 3.05) is 6.61 Å². The summed E-state index contributed by atoms with van der Waals surface area (Å²) < 4.78 is 7.88. The van der Waals surface area contributed by atoms with E-state index in [0.717, 1.165) is 23.2 Å². The normalized spacial score (nSPS) is 12.3. The summed E-state index contributed by atoms with van der Waals surface area (Å²) in [5, 5.41) is 1.13. The molecule has 2 aromatic heterocycles. The average molecular weight is 345 g/mol. The van der Waals surface area contributed by atoms with E-state index in [1.54, 1.807) is 0 Å². The van der Waals surface area contributed by atoms with Gasteiger partial charge in [-0.3, -0.25) is 0 Å². The summed E-state index contributed by atoms with van der Waals surface area (Å²) in [6, 6.07) is 5.40. The molecule has 0 radical (unpaired) electrons. The lowest BCUT2D eigenvalue weighted by molar-refractivity contribution is 0.0899. The maximum absolute atomic E-state index is 5.82. The van der Waals surface area contributed by atoms with Crippen LogP contribution in [0.25, 0.3) is 11.0 Å². The highest BCUT2D eigenvalue weighted by Crippen LogP contribution is 2.15. The maximum Gasteiger partial charge on any atom is 0.141 e. The molecule has 0 fully saturated rings. The van der Waals surface area contributed by atoms with E-state index in [1.807, 2.05) is 12.4 Å². The van der Waals surface area contributed by atoms with Crippen LogP contribution in [-0.4, -0.2) is 32.3 Å². The second-order valence-corrected chi connectivity index (χ2v) is 18.6. The quantitative estimate of drug-likeness (QED) is 0.451. The van der Waals surface area contributed by atoms with Crippen LogP contribution in [0.5, 0.6) is 0 Å². The van der Waals surface area contributed by atoms with Crippen molar-refractivity contribution >= 4 is 27.2 Å². The molecule has 0 aromatic carbocycles. The molecule has 0 aliphatic rings. The summed E-state index contributed by atoms with van der Waals surface area (Å²) in [6.07, 6.45) is 3.91. The highest BCUT2D eigenvalue weighted by atomic mass is 28.3. The van der Waals surface area contributed by atoms with Gasteiger partial charge in [-0.05, 0) is 18.2 Å². The van der Waals surface area contributed by atoms with Gasteiger partial charge in [0.25, 0.3) is 0 Å². The molecule has 0 unspecified atom stereocenters. The number of nitrogens with zero attached hydrogens (tertiary/aromatic N) is 2. The fourth-order valence-corrected chi connectivity index (χ4v) is 3.33. The number of hydrogen-bond acceptors (Lipinski definition) is 2. The monoisotopic (exact) mass is 344 g/mol. The summed E-state index contributed by atoms with van der Waals surface area (Å²) in [5.74, 6) is 3.27. The number of pyridine rings is 1. The van der Waals surface area contributed by atoms with Gasteiger partial charge in [0.15, 0.2) is 0 Å². The van der Waals surface area contributed by atoms with Crippen LogP contribution in [0, 0.1) is 11.5 Å². The van der Waals surface area contributed by atoms with Gasteiger partial charge < -0.3 is 9.30 Å². The Labute approximate surface area is 142 Å². The van der Waals surface area contributed by atoms with Crippen LogP contribution in [0.3, 0.4) is 0 Å². The zero-order valence-electron chi connectivity index (χ0n) is 15.2. The van der Waals surface area contributed by atoms with Crippen LogP contribution >= 0.6 is 0 Å². The van der Waals surface area contributed by atoms with Crippen LogP contribution in [-0.2, 0) is 11.5 Å². The summed E-state index contributed by atoms with van der Waals surface area (Å²) in [7, 11) is -2.38. The zero-order chi connectivity index (χ0) is 17.1. The van der Waals surface area contributed by atoms with Crippen LogP contribution < -0.4 is 0 Å². The number of rotatable bonds is 5. The van der Waals surface area contributed by atoms with Gasteiger partial charge in [0.1, 0.15) is 20.5 Å². The fraction of sp³-hybridized carbons (Fsp3) is 0.500. The number of hydrogen-bond donors (Lipinski definition) is 0. The minimum atomic E-state index is -1.35. The van der Waals surface area contributed by atoms with Crippen molar-refractivity contribution in [3.8, 4) is 11.5 Å². The lowest BCUT2D eigenvalue weighted by Gasteiger charge is -2.15. The van der Waals surface area contributed by atoms with E-state index in [2.05, 4.69) is 72.4 Å². The molecule has 0 aliphatic carbocycles. The van der Waals surface area contributed by atoms with Crippen molar-refractivity contribution in [3.63, 3.8) is 0 Å². The molecule has 3 nitrogen and oxygen atoms in total. The zero-order valence-corrected chi connectivity index (χ0v) is 17.2. The third-order valence-electron chi connectivity index (χ3n) is 3.41. The molecule has 0 saturated carbocycles. The Morgan fingerprint density at radius 1 is 1.17 bits per heavy atom. The Kier molecular flexibility index (Phi) is 5.50. The molecule has 2 rings (SSSR count). The minimum absolute atomic E-state index is 0.570. The highest BCUT2D eigenvalue weighted by Gasteiger charge is 2.12. The van der Waals surface area contributed by atoms with Gasteiger partial charge in [-0.25, -0.2) is 4.98 Å². The molecule has 124 valence electrons. The first-order chi connectivity index (χ1) is 10.6. The Morgan fingerprint density at radius 2 is 1.91 bits per heavy atom. The van der Waals surface area contributed by atoms with Crippen LogP contribution in [0.4, 0.5) is 0 Å². The Hall–Kier alpha value is -1.36. The second kappa shape index (κ2) is 7.04. The molecular formula is C18H28N2OSi2. The standard InChI is InChI=1S/C18H28N2OSi2/c1-22(2,3)11-8-16-13-17-7-9-20(18(17)19-14-16)15-21-10-12-23(4,5)6/h7,9,13-14H,10,12,15H2,1-6H3. The molecule has 0 spiro atoms. The topological polar surface area (TPSA) is 27.1 Å². The molecule has 0 bridgehead atoms. The Morgan fingerprint density at radius 3 is 2.57 bits per heavy atom. The van der Waals surface area contributed by atoms with Crippen LogP contribution in [0.1, 0.15) is 5.56 Å². The summed E-state index contributed by atoms with van der Waals surface area (Å²) in [4.78, 5) is 4.57. The first kappa shape index (κ1) is 18.0. The molecular weight excluding hydrogens is 316 g/mol. The SMILES string of the molecule is C[Si](C)(C)C#Cc1cnc2c(ccn2COCC[Si](C)(C)C)c1. The minimum Gasteiger partial charge on any atom is -0.361 e. The lowest BCUT2D eigenvalue weighted by Crippen LogP contribution is -2.22. The summed E-state index contributed by atoms with van der Waals surface area (Å²) >= 11 is 0. The van der Waals surface area contributed by atoms with Crippen molar-refractivity contribution in [3.05, 3.63) is 30.1 Å². The molecule has 0 aliphatic heterocycles. The third kappa shape index (κ3) is 5.98. The van der Waals surface area contributed by atoms with E-state index in [1.165, 1.54) is 6.04 Å².